The van der Waals surface area contributed by atoms with Crippen LogP contribution in [0.5, 0.6) is 0 Å². The number of hydrogen-bond acceptors (Lipinski definition) is 4. The van der Waals surface area contributed by atoms with Gasteiger partial charge in [0.2, 0.25) is 0 Å². The zero-order chi connectivity index (χ0) is 25.9. The molecule has 4 N–H and O–H groups in total. The van der Waals surface area contributed by atoms with Crippen molar-refractivity contribution in [3.05, 3.63) is 23.3 Å². The highest BCUT2D eigenvalue weighted by Gasteiger charge is 2.51. The summed E-state index contributed by atoms with van der Waals surface area (Å²) in [7, 11) is 0. The average molecular weight is 491 g/mol. The van der Waals surface area contributed by atoms with Crippen LogP contribution in [0, 0.1) is 23.2 Å². The molecular formula is C31H54O4. The van der Waals surface area contributed by atoms with Crippen molar-refractivity contribution in [2.24, 2.45) is 23.2 Å². The van der Waals surface area contributed by atoms with Crippen LogP contribution >= 0.6 is 0 Å². The summed E-state index contributed by atoms with van der Waals surface area (Å²) in [6.07, 6.45) is 18.0. The van der Waals surface area contributed by atoms with Crippen LogP contribution in [0.15, 0.2) is 23.3 Å². The van der Waals surface area contributed by atoms with Crippen molar-refractivity contribution < 1.29 is 20.4 Å². The van der Waals surface area contributed by atoms with Gasteiger partial charge in [0, 0.05) is 0 Å². The summed E-state index contributed by atoms with van der Waals surface area (Å²) in [6, 6.07) is 0. The number of allylic oxidation sites excluding steroid dienone is 3. The molecule has 1 unspecified atom stereocenters. The minimum atomic E-state index is -0.603. The minimum absolute atomic E-state index is 0.322. The molecule has 0 heterocycles. The summed E-state index contributed by atoms with van der Waals surface area (Å²) >= 11 is 0. The summed E-state index contributed by atoms with van der Waals surface area (Å²) in [6.45, 7) is 10.2. The van der Waals surface area contributed by atoms with E-state index in [0.29, 0.717) is 42.4 Å². The predicted octanol–water partition coefficient (Wildman–Crippen LogP) is 6.46. The molecule has 0 radical (unpaired) electrons. The highest BCUT2D eigenvalue weighted by molar-refractivity contribution is 5.26. The molecule has 202 valence electrons. The second kappa shape index (κ2) is 11.8. The monoisotopic (exact) mass is 490 g/mol. The molecule has 3 saturated carbocycles. The molecule has 0 bridgehead atoms. The lowest BCUT2D eigenvalue weighted by Gasteiger charge is -2.45. The van der Waals surface area contributed by atoms with Gasteiger partial charge in [0.15, 0.2) is 0 Å². The molecule has 0 spiro atoms. The van der Waals surface area contributed by atoms with Crippen LogP contribution in [0.2, 0.25) is 0 Å². The fraction of sp³-hybridized carbons (Fsp3) is 0.871. The first-order valence-electron chi connectivity index (χ1n) is 14.5. The first-order chi connectivity index (χ1) is 16.3. The average Bonchev–Trinajstić information content (AvgIpc) is 3.06. The van der Waals surface area contributed by atoms with Crippen molar-refractivity contribution in [1.29, 1.82) is 0 Å². The zero-order valence-electron chi connectivity index (χ0n) is 23.2. The van der Waals surface area contributed by atoms with Crippen LogP contribution in [0.1, 0.15) is 125 Å². The predicted molar refractivity (Wildman–Crippen MR) is 144 cm³/mol. The lowest BCUT2D eigenvalue weighted by Crippen LogP contribution is -2.37. The summed E-state index contributed by atoms with van der Waals surface area (Å²) in [5.41, 5.74) is 1.88. The van der Waals surface area contributed by atoms with Gasteiger partial charge in [-0.2, -0.15) is 0 Å². The quantitative estimate of drug-likeness (QED) is 0.283. The Bertz CT molecular complexity index is 708. The molecule has 0 aromatic heterocycles. The van der Waals surface area contributed by atoms with Crippen molar-refractivity contribution in [3.8, 4) is 0 Å². The first-order valence-corrected chi connectivity index (χ1v) is 14.5. The van der Waals surface area contributed by atoms with E-state index in [1.54, 1.807) is 5.57 Å². The van der Waals surface area contributed by atoms with E-state index < -0.39 is 23.4 Å². The molecule has 4 nitrogen and oxygen atoms in total. The van der Waals surface area contributed by atoms with E-state index in [0.717, 1.165) is 25.7 Å². The summed E-state index contributed by atoms with van der Waals surface area (Å²) < 4.78 is 0. The molecule has 0 amide bonds. The van der Waals surface area contributed by atoms with Crippen LogP contribution in [0.3, 0.4) is 0 Å². The van der Waals surface area contributed by atoms with Gasteiger partial charge in [-0.3, -0.25) is 0 Å². The number of fused-ring (bicyclic) bond motifs is 1. The molecule has 0 saturated heterocycles. The van der Waals surface area contributed by atoms with E-state index in [1.807, 2.05) is 27.7 Å². The molecule has 3 aliphatic rings. The van der Waals surface area contributed by atoms with Gasteiger partial charge in [-0.15, -0.1) is 0 Å². The Hall–Kier alpha value is -0.680. The Labute approximate surface area is 214 Å². The number of rotatable bonds is 10. The van der Waals surface area contributed by atoms with Crippen molar-refractivity contribution in [3.63, 3.8) is 0 Å². The molecular weight excluding hydrogens is 436 g/mol. The van der Waals surface area contributed by atoms with Gasteiger partial charge in [-0.05, 0) is 115 Å². The Morgan fingerprint density at radius 2 is 1.49 bits per heavy atom. The molecule has 3 aliphatic carbocycles. The van der Waals surface area contributed by atoms with Gasteiger partial charge in [0.25, 0.3) is 0 Å². The Balaban J connectivity index is 1.73. The van der Waals surface area contributed by atoms with Gasteiger partial charge in [0.1, 0.15) is 0 Å². The standard InChI is InChI=1S/C31H54O4/c1-29(2,34)16-6-9-23(10-7-17-30(3,4)35)27-14-15-28-24(11-8-18-31(27,28)5)13-12-22-19-25(32)21-26(33)20-22/h12-13,23,25-28,32-35H,6-11,14-21H2,1-5H3/b22-12-,24-13+/t25-,26?,27-,28+,31-/m1/s1. The fourth-order valence-electron chi connectivity index (χ4n) is 7.72. The van der Waals surface area contributed by atoms with Gasteiger partial charge >= 0.3 is 0 Å². The molecule has 35 heavy (non-hydrogen) atoms. The molecule has 0 aliphatic heterocycles. The number of aliphatic hydroxyl groups is 4. The van der Waals surface area contributed by atoms with Crippen molar-refractivity contribution in [2.75, 3.05) is 0 Å². The maximum Gasteiger partial charge on any atom is 0.0602 e. The van der Waals surface area contributed by atoms with Crippen LogP contribution in [0.4, 0.5) is 0 Å². The highest BCUT2D eigenvalue weighted by atomic mass is 16.3. The lowest BCUT2D eigenvalue weighted by atomic mass is 9.60. The van der Waals surface area contributed by atoms with Crippen LogP contribution < -0.4 is 0 Å². The van der Waals surface area contributed by atoms with E-state index in [9.17, 15) is 20.4 Å². The van der Waals surface area contributed by atoms with E-state index in [4.69, 9.17) is 0 Å². The third-order valence-electron chi connectivity index (χ3n) is 9.41. The van der Waals surface area contributed by atoms with E-state index in [1.165, 1.54) is 50.5 Å². The van der Waals surface area contributed by atoms with E-state index in [-0.39, 0.29) is 0 Å². The topological polar surface area (TPSA) is 80.9 Å². The lowest BCUT2D eigenvalue weighted by molar-refractivity contribution is 0.0479. The Morgan fingerprint density at radius 3 is 2.03 bits per heavy atom. The molecule has 4 heteroatoms. The SMILES string of the molecule is CC(C)(O)CCCC(CCCC(C)(C)O)[C@H]1CC[C@H]2/C(=C/C=C3\CC(O)C[C@H](O)C3)CCC[C@]12C. The Morgan fingerprint density at radius 1 is 0.914 bits per heavy atom. The van der Waals surface area contributed by atoms with Crippen molar-refractivity contribution >= 4 is 0 Å². The fourth-order valence-corrected chi connectivity index (χ4v) is 7.72. The normalized spacial score (nSPS) is 34.7. The van der Waals surface area contributed by atoms with Gasteiger partial charge in [-0.1, -0.05) is 55.9 Å². The second-order valence-electron chi connectivity index (χ2n) is 13.8. The van der Waals surface area contributed by atoms with Crippen molar-refractivity contribution in [2.45, 2.75) is 148 Å². The number of hydrogen-bond donors (Lipinski definition) is 4. The van der Waals surface area contributed by atoms with Crippen LogP contribution in [-0.2, 0) is 0 Å². The molecule has 0 aromatic carbocycles. The summed E-state index contributed by atoms with van der Waals surface area (Å²) in [4.78, 5) is 0. The second-order valence-corrected chi connectivity index (χ2v) is 13.8. The van der Waals surface area contributed by atoms with Crippen LogP contribution in [-0.4, -0.2) is 43.8 Å². The van der Waals surface area contributed by atoms with Gasteiger partial charge < -0.3 is 20.4 Å². The smallest absolute Gasteiger partial charge is 0.0602 e. The number of aliphatic hydroxyl groups excluding tert-OH is 2. The molecule has 5 atom stereocenters. The third kappa shape index (κ3) is 8.42. The molecule has 3 fully saturated rings. The minimum Gasteiger partial charge on any atom is -0.393 e. The zero-order valence-corrected chi connectivity index (χ0v) is 23.2. The summed E-state index contributed by atoms with van der Waals surface area (Å²) in [5, 5.41) is 40.7. The maximum atomic E-state index is 10.3. The van der Waals surface area contributed by atoms with Crippen LogP contribution in [0.25, 0.3) is 0 Å². The Kier molecular flexibility index (Phi) is 9.73. The van der Waals surface area contributed by atoms with Crippen molar-refractivity contribution in [1.82, 2.24) is 0 Å². The largest absolute Gasteiger partial charge is 0.393 e. The molecule has 3 rings (SSSR count). The maximum absolute atomic E-state index is 10.3. The molecule has 0 aromatic rings. The first kappa shape index (κ1) is 28.9. The van der Waals surface area contributed by atoms with E-state index >= 15 is 0 Å². The van der Waals surface area contributed by atoms with Gasteiger partial charge in [-0.25, -0.2) is 0 Å². The third-order valence-corrected chi connectivity index (χ3v) is 9.41. The van der Waals surface area contributed by atoms with E-state index in [2.05, 4.69) is 19.1 Å². The highest BCUT2D eigenvalue weighted by Crippen LogP contribution is 2.60. The summed E-state index contributed by atoms with van der Waals surface area (Å²) in [5.74, 6) is 1.98. The van der Waals surface area contributed by atoms with Gasteiger partial charge in [0.05, 0.1) is 23.4 Å².